The van der Waals surface area contributed by atoms with Crippen LogP contribution in [0, 0.1) is 0 Å². The number of ether oxygens (including phenoxy) is 3. The molecule has 0 aliphatic carbocycles. The Hall–Kier alpha value is -2.87. The summed E-state index contributed by atoms with van der Waals surface area (Å²) in [6.07, 6.45) is 1.77. The smallest absolute Gasteiger partial charge is 0.342 e. The number of aliphatic hydroxyl groups is 1. The van der Waals surface area contributed by atoms with Crippen molar-refractivity contribution in [3.63, 3.8) is 0 Å². The van der Waals surface area contributed by atoms with Crippen LogP contribution in [0.3, 0.4) is 0 Å². The van der Waals surface area contributed by atoms with Gasteiger partial charge in [0, 0.05) is 6.08 Å². The summed E-state index contributed by atoms with van der Waals surface area (Å²) in [5, 5.41) is 19.3. The van der Waals surface area contributed by atoms with Crippen LogP contribution in [0.4, 0.5) is 0 Å². The van der Waals surface area contributed by atoms with Crippen LogP contribution >= 0.6 is 0 Å². The third-order valence-corrected chi connectivity index (χ3v) is 2.99. The molecule has 0 bridgehead atoms. The van der Waals surface area contributed by atoms with E-state index in [4.69, 9.17) is 9.84 Å². The second-order valence-corrected chi connectivity index (χ2v) is 4.81. The molecule has 1 atom stereocenters. The van der Waals surface area contributed by atoms with Crippen molar-refractivity contribution in [3.8, 4) is 5.75 Å². The van der Waals surface area contributed by atoms with Gasteiger partial charge in [-0.2, -0.15) is 0 Å². The number of rotatable bonds is 7. The van der Waals surface area contributed by atoms with Crippen molar-refractivity contribution in [2.75, 3.05) is 20.8 Å². The minimum absolute atomic E-state index is 0.0840. The molecule has 0 fully saturated rings. The third kappa shape index (κ3) is 5.73. The van der Waals surface area contributed by atoms with Crippen LogP contribution in [-0.4, -0.2) is 54.5 Å². The highest BCUT2D eigenvalue weighted by atomic mass is 16.6. The lowest BCUT2D eigenvalue weighted by Gasteiger charge is -2.23. The van der Waals surface area contributed by atoms with Gasteiger partial charge in [0.1, 0.15) is 12.4 Å². The second kappa shape index (κ2) is 8.68. The second-order valence-electron chi connectivity index (χ2n) is 4.81. The van der Waals surface area contributed by atoms with Crippen molar-refractivity contribution in [1.29, 1.82) is 0 Å². The largest absolute Gasteiger partial charge is 0.508 e. The number of benzene rings is 1. The van der Waals surface area contributed by atoms with E-state index in [0.717, 1.165) is 20.3 Å². The fraction of sp³-hybridized carbons (Fsp3) is 0.312. The molecular formula is C16H18O8. The number of phenolic OH excluding ortho intramolecular Hbond substituents is 1. The monoisotopic (exact) mass is 338 g/mol. The average molecular weight is 338 g/mol. The number of carbonyl (C=O) groups excluding carboxylic acids is 3. The summed E-state index contributed by atoms with van der Waals surface area (Å²) in [5.41, 5.74) is -1.70. The maximum Gasteiger partial charge on any atom is 0.342 e. The van der Waals surface area contributed by atoms with E-state index in [0.29, 0.717) is 5.56 Å². The first-order chi connectivity index (χ1) is 11.3. The highest BCUT2D eigenvalue weighted by Gasteiger charge is 2.41. The normalized spacial score (nSPS) is 13.1. The SMILES string of the molecule is COC(=O)CC(O)(COC(=O)C=Cc1ccc(O)cc1)C(=O)OC. The molecule has 1 aromatic rings. The molecule has 0 amide bonds. The molecule has 1 unspecified atom stereocenters. The molecule has 0 heterocycles. The van der Waals surface area contributed by atoms with Crippen LogP contribution < -0.4 is 0 Å². The van der Waals surface area contributed by atoms with Crippen molar-refractivity contribution in [1.82, 2.24) is 0 Å². The number of hydrogen-bond donors (Lipinski definition) is 2. The van der Waals surface area contributed by atoms with E-state index < -0.39 is 36.5 Å². The Balaban J connectivity index is 2.68. The van der Waals surface area contributed by atoms with E-state index >= 15 is 0 Å². The summed E-state index contributed by atoms with van der Waals surface area (Å²) in [6.45, 7) is -0.770. The molecule has 8 heteroatoms. The van der Waals surface area contributed by atoms with Gasteiger partial charge in [-0.05, 0) is 23.8 Å². The van der Waals surface area contributed by atoms with Gasteiger partial charge >= 0.3 is 17.9 Å². The molecule has 0 spiro atoms. The van der Waals surface area contributed by atoms with Crippen LogP contribution in [0.25, 0.3) is 6.08 Å². The Labute approximate surface area is 138 Å². The quantitative estimate of drug-likeness (QED) is 0.417. The average Bonchev–Trinajstić information content (AvgIpc) is 2.58. The zero-order valence-electron chi connectivity index (χ0n) is 13.2. The van der Waals surface area contributed by atoms with Gasteiger partial charge < -0.3 is 24.4 Å². The molecule has 1 rings (SSSR count). The Morgan fingerprint density at radius 1 is 1.12 bits per heavy atom. The van der Waals surface area contributed by atoms with Gasteiger partial charge in [-0.1, -0.05) is 12.1 Å². The van der Waals surface area contributed by atoms with E-state index in [1.54, 1.807) is 12.1 Å². The van der Waals surface area contributed by atoms with Gasteiger partial charge in [0.25, 0.3) is 0 Å². The van der Waals surface area contributed by atoms with Crippen molar-refractivity contribution in [2.24, 2.45) is 0 Å². The molecule has 8 nitrogen and oxygen atoms in total. The van der Waals surface area contributed by atoms with Crippen molar-refractivity contribution < 1.29 is 38.8 Å². The summed E-state index contributed by atoms with van der Waals surface area (Å²) < 4.78 is 13.6. The Morgan fingerprint density at radius 3 is 2.29 bits per heavy atom. The number of methoxy groups -OCH3 is 2. The van der Waals surface area contributed by atoms with Gasteiger partial charge in [-0.3, -0.25) is 4.79 Å². The van der Waals surface area contributed by atoms with Gasteiger partial charge in [-0.15, -0.1) is 0 Å². The first-order valence-corrected chi connectivity index (χ1v) is 6.82. The molecule has 0 radical (unpaired) electrons. The minimum atomic E-state index is -2.33. The number of esters is 3. The number of hydrogen-bond acceptors (Lipinski definition) is 8. The van der Waals surface area contributed by atoms with E-state index in [-0.39, 0.29) is 5.75 Å². The lowest BCUT2D eigenvalue weighted by molar-refractivity contribution is -0.177. The molecular weight excluding hydrogens is 320 g/mol. The number of aromatic hydroxyl groups is 1. The minimum Gasteiger partial charge on any atom is -0.508 e. The predicted molar refractivity (Wildman–Crippen MR) is 81.7 cm³/mol. The summed E-state index contributed by atoms with van der Waals surface area (Å²) in [5.74, 6) is -2.74. The summed E-state index contributed by atoms with van der Waals surface area (Å²) in [7, 11) is 2.11. The molecule has 2 N–H and O–H groups in total. The fourth-order valence-electron chi connectivity index (χ4n) is 1.67. The third-order valence-electron chi connectivity index (χ3n) is 2.99. The van der Waals surface area contributed by atoms with Crippen LogP contribution in [0.15, 0.2) is 30.3 Å². The molecule has 130 valence electrons. The molecule has 24 heavy (non-hydrogen) atoms. The van der Waals surface area contributed by atoms with Crippen LogP contribution in [0.5, 0.6) is 5.75 Å². The first kappa shape index (κ1) is 19.2. The van der Waals surface area contributed by atoms with Gasteiger partial charge in [0.15, 0.2) is 0 Å². The first-order valence-electron chi connectivity index (χ1n) is 6.82. The van der Waals surface area contributed by atoms with E-state index in [1.165, 1.54) is 18.2 Å². The summed E-state index contributed by atoms with van der Waals surface area (Å²) in [6, 6.07) is 6.02. The topological polar surface area (TPSA) is 119 Å². The molecule has 0 aliphatic heterocycles. The lowest BCUT2D eigenvalue weighted by Crippen LogP contribution is -2.46. The van der Waals surface area contributed by atoms with Crippen molar-refractivity contribution in [2.45, 2.75) is 12.0 Å². The van der Waals surface area contributed by atoms with Gasteiger partial charge in [-0.25, -0.2) is 9.59 Å². The summed E-state index contributed by atoms with van der Waals surface area (Å²) in [4.78, 5) is 34.5. The molecule has 0 saturated carbocycles. The van der Waals surface area contributed by atoms with Crippen molar-refractivity contribution in [3.05, 3.63) is 35.9 Å². The van der Waals surface area contributed by atoms with E-state index in [2.05, 4.69) is 9.47 Å². The highest BCUT2D eigenvalue weighted by Crippen LogP contribution is 2.15. The maximum atomic E-state index is 11.7. The number of phenols is 1. The summed E-state index contributed by atoms with van der Waals surface area (Å²) >= 11 is 0. The highest BCUT2D eigenvalue weighted by molar-refractivity contribution is 5.89. The zero-order valence-corrected chi connectivity index (χ0v) is 13.2. The van der Waals surface area contributed by atoms with Crippen LogP contribution in [0.2, 0.25) is 0 Å². The van der Waals surface area contributed by atoms with Crippen LogP contribution in [-0.2, 0) is 28.6 Å². The molecule has 1 aromatic carbocycles. The Morgan fingerprint density at radius 2 is 1.75 bits per heavy atom. The Bertz CT molecular complexity index is 619. The van der Waals surface area contributed by atoms with Gasteiger partial charge in [0.05, 0.1) is 20.6 Å². The standard InChI is InChI=1S/C16H18O8/c1-22-14(19)9-16(21,15(20)23-2)10-24-13(18)8-5-11-3-6-12(17)7-4-11/h3-8,17,21H,9-10H2,1-2H3. The van der Waals surface area contributed by atoms with Gasteiger partial charge in [0.2, 0.25) is 5.60 Å². The van der Waals surface area contributed by atoms with Crippen molar-refractivity contribution >= 4 is 24.0 Å². The van der Waals surface area contributed by atoms with E-state index in [1.807, 2.05) is 0 Å². The predicted octanol–water partition coefficient (Wildman–Crippen LogP) is 0.416. The lowest BCUT2D eigenvalue weighted by atomic mass is 10.0. The maximum absolute atomic E-state index is 11.7. The molecule has 0 saturated heterocycles. The Kier molecular flexibility index (Phi) is 6.94. The number of carbonyl (C=O) groups is 3. The molecule has 0 aliphatic rings. The fourth-order valence-corrected chi connectivity index (χ4v) is 1.67. The molecule has 0 aromatic heterocycles. The van der Waals surface area contributed by atoms with E-state index in [9.17, 15) is 19.5 Å². The van der Waals surface area contributed by atoms with Crippen LogP contribution in [0.1, 0.15) is 12.0 Å². The zero-order chi connectivity index (χ0) is 18.2.